The molecule has 1 atom stereocenters. The first-order valence-electron chi connectivity index (χ1n) is 5.84. The van der Waals surface area contributed by atoms with Gasteiger partial charge in [-0.25, -0.2) is 17.9 Å². The third-order valence-electron chi connectivity index (χ3n) is 2.93. The van der Waals surface area contributed by atoms with Gasteiger partial charge < -0.3 is 10.0 Å². The van der Waals surface area contributed by atoms with Crippen LogP contribution >= 0.6 is 11.6 Å². The smallest absolute Gasteiger partial charge is 0.337 e. The summed E-state index contributed by atoms with van der Waals surface area (Å²) in [7, 11) is -0.0184. The maximum Gasteiger partial charge on any atom is 0.337 e. The van der Waals surface area contributed by atoms with Crippen molar-refractivity contribution in [3.8, 4) is 0 Å². The molecule has 112 valence electrons. The van der Waals surface area contributed by atoms with E-state index < -0.39 is 16.0 Å². The summed E-state index contributed by atoms with van der Waals surface area (Å²) in [5, 5.41) is 8.73. The quantitative estimate of drug-likeness (QED) is 0.824. The normalized spacial score (nSPS) is 13.4. The summed E-state index contributed by atoms with van der Waals surface area (Å²) in [6.07, 6.45) is 0. The highest BCUT2D eigenvalue weighted by molar-refractivity contribution is 7.89. The van der Waals surface area contributed by atoms with E-state index in [1.165, 1.54) is 12.1 Å². The number of sulfonamides is 1. The monoisotopic (exact) mass is 320 g/mol. The van der Waals surface area contributed by atoms with Gasteiger partial charge in [0.15, 0.2) is 0 Å². The van der Waals surface area contributed by atoms with Crippen LogP contribution in [0.4, 0.5) is 0 Å². The van der Waals surface area contributed by atoms with Crippen molar-refractivity contribution in [2.45, 2.75) is 17.9 Å². The van der Waals surface area contributed by atoms with Crippen molar-refractivity contribution < 1.29 is 18.3 Å². The van der Waals surface area contributed by atoms with Crippen LogP contribution in [0, 0.1) is 0 Å². The number of halogens is 1. The molecule has 20 heavy (non-hydrogen) atoms. The van der Waals surface area contributed by atoms with E-state index in [1.807, 2.05) is 25.9 Å². The number of rotatable bonds is 6. The fourth-order valence-electron chi connectivity index (χ4n) is 1.33. The highest BCUT2D eigenvalue weighted by Crippen LogP contribution is 2.20. The minimum Gasteiger partial charge on any atom is -0.478 e. The Labute approximate surface area is 123 Å². The van der Waals surface area contributed by atoms with Gasteiger partial charge in [-0.3, -0.25) is 0 Å². The molecule has 8 heteroatoms. The van der Waals surface area contributed by atoms with Gasteiger partial charge in [-0.15, -0.1) is 0 Å². The molecule has 0 amide bonds. The summed E-state index contributed by atoms with van der Waals surface area (Å²) in [6.45, 7) is 2.12. The molecule has 0 radical (unpaired) electrons. The molecule has 0 bridgehead atoms. The zero-order chi connectivity index (χ0) is 15.5. The Morgan fingerprint density at radius 3 is 2.50 bits per heavy atom. The van der Waals surface area contributed by atoms with Crippen molar-refractivity contribution in [3.05, 3.63) is 28.8 Å². The fourth-order valence-corrected chi connectivity index (χ4v) is 2.81. The summed E-state index contributed by atoms with van der Waals surface area (Å²) in [5.41, 5.74) is -0.132. The largest absolute Gasteiger partial charge is 0.478 e. The van der Waals surface area contributed by atoms with Crippen LogP contribution in [0.5, 0.6) is 0 Å². The third-order valence-corrected chi connectivity index (χ3v) is 4.67. The van der Waals surface area contributed by atoms with E-state index in [4.69, 9.17) is 16.7 Å². The highest BCUT2D eigenvalue weighted by atomic mass is 35.5. The zero-order valence-electron chi connectivity index (χ0n) is 11.4. The molecule has 0 aliphatic carbocycles. The van der Waals surface area contributed by atoms with E-state index >= 15 is 0 Å². The molecular weight excluding hydrogens is 304 g/mol. The molecule has 0 spiro atoms. The predicted molar refractivity (Wildman–Crippen MR) is 76.7 cm³/mol. The maximum atomic E-state index is 12.1. The summed E-state index contributed by atoms with van der Waals surface area (Å²) >= 11 is 5.76. The van der Waals surface area contributed by atoms with Gasteiger partial charge in [0, 0.05) is 12.6 Å². The first kappa shape index (κ1) is 16.9. The van der Waals surface area contributed by atoms with Crippen molar-refractivity contribution in [1.82, 2.24) is 9.62 Å². The van der Waals surface area contributed by atoms with Gasteiger partial charge in [-0.05, 0) is 39.2 Å². The summed E-state index contributed by atoms with van der Waals surface area (Å²) < 4.78 is 26.6. The lowest BCUT2D eigenvalue weighted by Crippen LogP contribution is -2.38. The summed E-state index contributed by atoms with van der Waals surface area (Å²) in [5.74, 6) is -1.20. The van der Waals surface area contributed by atoms with Crippen LogP contribution in [0.2, 0.25) is 5.02 Å². The Bertz CT molecular complexity index is 601. The lowest BCUT2D eigenvalue weighted by atomic mass is 10.2. The average Bonchev–Trinajstić information content (AvgIpc) is 2.35. The second-order valence-corrected chi connectivity index (χ2v) is 6.79. The van der Waals surface area contributed by atoms with Gasteiger partial charge in [0.05, 0.1) is 15.5 Å². The zero-order valence-corrected chi connectivity index (χ0v) is 13.0. The predicted octanol–water partition coefficient (Wildman–Crippen LogP) is 1.27. The molecule has 1 rings (SSSR count). The fraction of sp³-hybridized carbons (Fsp3) is 0.417. The van der Waals surface area contributed by atoms with Crippen molar-refractivity contribution in [1.29, 1.82) is 0 Å². The number of aromatic carboxylic acids is 1. The molecule has 1 aromatic rings. The van der Waals surface area contributed by atoms with Crippen LogP contribution in [0.1, 0.15) is 17.3 Å². The van der Waals surface area contributed by atoms with Crippen LogP contribution in [-0.2, 0) is 10.0 Å². The van der Waals surface area contributed by atoms with Gasteiger partial charge >= 0.3 is 5.97 Å². The van der Waals surface area contributed by atoms with Crippen molar-refractivity contribution in [2.24, 2.45) is 0 Å². The summed E-state index contributed by atoms with van der Waals surface area (Å²) in [4.78, 5) is 12.6. The first-order chi connectivity index (χ1) is 9.15. The van der Waals surface area contributed by atoms with Crippen LogP contribution in [0.3, 0.4) is 0 Å². The molecule has 6 nitrogen and oxygen atoms in total. The van der Waals surface area contributed by atoms with E-state index in [0.29, 0.717) is 0 Å². The minimum atomic E-state index is -3.71. The first-order valence-corrected chi connectivity index (χ1v) is 7.70. The third kappa shape index (κ3) is 4.17. The standard InChI is InChI=1S/C12H17ClN2O4S/c1-8(15(2)3)7-14-20(18,19)9-4-5-10(12(16)17)11(13)6-9/h4-6,8,14H,7H2,1-3H3,(H,16,17). The lowest BCUT2D eigenvalue weighted by molar-refractivity contribution is 0.0697. The number of hydrogen-bond acceptors (Lipinski definition) is 4. The minimum absolute atomic E-state index is 0.0264. The van der Waals surface area contributed by atoms with Gasteiger partial charge in [-0.2, -0.15) is 0 Å². The number of benzene rings is 1. The van der Waals surface area contributed by atoms with E-state index in [1.54, 1.807) is 0 Å². The Kier molecular flexibility index (Phi) is 5.52. The molecule has 0 aliphatic heterocycles. The number of carbonyl (C=O) groups is 1. The van der Waals surface area contributed by atoms with Crippen LogP contribution in [-0.4, -0.2) is 51.1 Å². The molecule has 0 saturated heterocycles. The Balaban J connectivity index is 2.94. The Hall–Kier alpha value is -1.15. The number of carboxylic acids is 1. The van der Waals surface area contributed by atoms with Gasteiger partial charge in [0.25, 0.3) is 0 Å². The van der Waals surface area contributed by atoms with Crippen molar-refractivity contribution >= 4 is 27.6 Å². The molecule has 0 heterocycles. The SMILES string of the molecule is CC(CNS(=O)(=O)c1ccc(C(=O)O)c(Cl)c1)N(C)C. The highest BCUT2D eigenvalue weighted by Gasteiger charge is 2.18. The molecule has 0 aliphatic rings. The van der Waals surface area contributed by atoms with Gasteiger partial charge in [-0.1, -0.05) is 11.6 Å². The number of likely N-dealkylation sites (N-methyl/N-ethyl adjacent to an activating group) is 1. The number of nitrogens with zero attached hydrogens (tertiary/aromatic N) is 1. The second kappa shape index (κ2) is 6.53. The second-order valence-electron chi connectivity index (χ2n) is 4.61. The molecule has 0 aromatic heterocycles. The Morgan fingerprint density at radius 1 is 1.45 bits per heavy atom. The molecule has 0 saturated carbocycles. The average molecular weight is 321 g/mol. The van der Waals surface area contributed by atoms with E-state index in [0.717, 1.165) is 6.07 Å². The van der Waals surface area contributed by atoms with Crippen molar-refractivity contribution in [2.75, 3.05) is 20.6 Å². The number of nitrogens with one attached hydrogen (secondary N) is 1. The molecule has 0 fully saturated rings. The van der Waals surface area contributed by atoms with Crippen LogP contribution in [0.25, 0.3) is 0 Å². The lowest BCUT2D eigenvalue weighted by Gasteiger charge is -2.20. The maximum absolute atomic E-state index is 12.1. The number of carboxylic acid groups (broad SMARTS) is 1. The molecular formula is C12H17ClN2O4S. The Morgan fingerprint density at radius 2 is 2.05 bits per heavy atom. The van der Waals surface area contributed by atoms with Crippen LogP contribution < -0.4 is 4.72 Å². The van der Waals surface area contributed by atoms with Gasteiger partial charge in [0.1, 0.15) is 0 Å². The van der Waals surface area contributed by atoms with Crippen LogP contribution in [0.15, 0.2) is 23.1 Å². The van der Waals surface area contributed by atoms with E-state index in [9.17, 15) is 13.2 Å². The van der Waals surface area contributed by atoms with E-state index in [2.05, 4.69) is 4.72 Å². The molecule has 1 unspecified atom stereocenters. The van der Waals surface area contributed by atoms with Gasteiger partial charge in [0.2, 0.25) is 10.0 Å². The molecule has 2 N–H and O–H groups in total. The van der Waals surface area contributed by atoms with E-state index in [-0.39, 0.29) is 28.1 Å². The topological polar surface area (TPSA) is 86.7 Å². The number of hydrogen-bond donors (Lipinski definition) is 2. The van der Waals surface area contributed by atoms with Crippen molar-refractivity contribution in [3.63, 3.8) is 0 Å². The summed E-state index contributed by atoms with van der Waals surface area (Å²) in [6, 6.07) is 3.55. The molecule has 1 aromatic carbocycles.